The first-order valence-corrected chi connectivity index (χ1v) is 13.0. The van der Waals surface area contributed by atoms with Gasteiger partial charge in [-0.05, 0) is 48.7 Å². The molecule has 0 N–H and O–H groups in total. The lowest BCUT2D eigenvalue weighted by atomic mass is 10.2. The molecule has 7 nitrogen and oxygen atoms in total. The van der Waals surface area contributed by atoms with Crippen LogP contribution in [0, 0.1) is 0 Å². The van der Waals surface area contributed by atoms with Gasteiger partial charge in [0, 0.05) is 31.5 Å². The SMILES string of the molecule is CN(C)S(=O)(=O)c1cccc(CSc2nc3cc(Cl)ccc3c(=O)n2CC2CCCO2)c1. The van der Waals surface area contributed by atoms with E-state index in [-0.39, 0.29) is 16.6 Å². The van der Waals surface area contributed by atoms with E-state index < -0.39 is 10.0 Å². The Morgan fingerprint density at radius 2 is 2.06 bits per heavy atom. The zero-order valence-electron chi connectivity index (χ0n) is 17.8. The molecule has 0 amide bonds. The summed E-state index contributed by atoms with van der Waals surface area (Å²) in [6.07, 6.45) is 1.86. The van der Waals surface area contributed by atoms with Crippen molar-refractivity contribution in [2.45, 2.75) is 41.3 Å². The molecule has 0 aliphatic carbocycles. The Kier molecular flexibility index (Phi) is 6.92. The van der Waals surface area contributed by atoms with Crippen LogP contribution in [-0.4, -0.2) is 49.1 Å². The van der Waals surface area contributed by atoms with Crippen LogP contribution >= 0.6 is 23.4 Å². The maximum Gasteiger partial charge on any atom is 0.262 e. The summed E-state index contributed by atoms with van der Waals surface area (Å²) in [7, 11) is -0.515. The second-order valence-corrected chi connectivity index (χ2v) is 11.4. The number of sulfonamides is 1. The van der Waals surface area contributed by atoms with Crippen molar-refractivity contribution in [2.75, 3.05) is 20.7 Å². The van der Waals surface area contributed by atoms with E-state index in [2.05, 4.69) is 0 Å². The van der Waals surface area contributed by atoms with Crippen molar-refractivity contribution >= 4 is 44.3 Å². The van der Waals surface area contributed by atoms with Gasteiger partial charge < -0.3 is 4.74 Å². The molecule has 3 aromatic rings. The summed E-state index contributed by atoms with van der Waals surface area (Å²) in [6.45, 7) is 1.13. The Morgan fingerprint density at radius 3 is 2.78 bits per heavy atom. The number of fused-ring (bicyclic) bond motifs is 1. The summed E-state index contributed by atoms with van der Waals surface area (Å²) in [5.41, 5.74) is 1.23. The number of aromatic nitrogens is 2. The highest BCUT2D eigenvalue weighted by atomic mass is 35.5. The Balaban J connectivity index is 1.68. The first-order valence-electron chi connectivity index (χ1n) is 10.2. The van der Waals surface area contributed by atoms with Gasteiger partial charge in [-0.1, -0.05) is 35.5 Å². The lowest BCUT2D eigenvalue weighted by molar-refractivity contribution is 0.0937. The normalized spacial score (nSPS) is 16.8. The quantitative estimate of drug-likeness (QED) is 0.368. The van der Waals surface area contributed by atoms with Crippen LogP contribution in [0.4, 0.5) is 0 Å². The van der Waals surface area contributed by atoms with E-state index in [1.54, 1.807) is 41.0 Å². The number of nitrogens with zero attached hydrogens (tertiary/aromatic N) is 3. The fourth-order valence-corrected chi connectivity index (χ4v) is 5.68. The highest BCUT2D eigenvalue weighted by Gasteiger charge is 2.21. The highest BCUT2D eigenvalue weighted by molar-refractivity contribution is 7.98. The molecule has 2 heterocycles. The van der Waals surface area contributed by atoms with E-state index in [4.69, 9.17) is 21.3 Å². The van der Waals surface area contributed by atoms with Crippen LogP contribution in [0.15, 0.2) is 57.3 Å². The molecular weight excluding hydrogens is 470 g/mol. The number of benzene rings is 2. The third-order valence-electron chi connectivity index (χ3n) is 5.34. The molecule has 0 bridgehead atoms. The topological polar surface area (TPSA) is 81.5 Å². The van der Waals surface area contributed by atoms with Crippen LogP contribution in [0.5, 0.6) is 0 Å². The second-order valence-electron chi connectivity index (χ2n) is 7.83. The molecule has 0 spiro atoms. The van der Waals surface area contributed by atoms with Crippen LogP contribution in [0.25, 0.3) is 10.9 Å². The fraction of sp³-hybridized carbons (Fsp3) is 0.364. The molecule has 4 rings (SSSR count). The maximum atomic E-state index is 13.2. The summed E-state index contributed by atoms with van der Waals surface area (Å²) >= 11 is 7.51. The molecule has 2 aromatic carbocycles. The van der Waals surface area contributed by atoms with Gasteiger partial charge in [-0.15, -0.1) is 0 Å². The third-order valence-corrected chi connectivity index (χ3v) is 8.43. The molecule has 1 aliphatic heterocycles. The van der Waals surface area contributed by atoms with Gasteiger partial charge in [-0.3, -0.25) is 9.36 Å². The minimum Gasteiger partial charge on any atom is -0.376 e. The predicted molar refractivity (Wildman–Crippen MR) is 127 cm³/mol. The van der Waals surface area contributed by atoms with Gasteiger partial charge in [0.15, 0.2) is 5.16 Å². The molecule has 170 valence electrons. The van der Waals surface area contributed by atoms with Crippen molar-refractivity contribution in [2.24, 2.45) is 0 Å². The van der Waals surface area contributed by atoms with Gasteiger partial charge >= 0.3 is 0 Å². The third kappa shape index (κ3) is 4.87. The number of rotatable bonds is 7. The van der Waals surface area contributed by atoms with E-state index in [9.17, 15) is 13.2 Å². The molecule has 1 atom stereocenters. The first-order chi connectivity index (χ1) is 15.3. The van der Waals surface area contributed by atoms with E-state index in [0.717, 1.165) is 18.4 Å². The summed E-state index contributed by atoms with van der Waals surface area (Å²) in [5, 5.41) is 1.58. The minimum absolute atomic E-state index is 0.0211. The summed E-state index contributed by atoms with van der Waals surface area (Å²) < 4.78 is 33.5. The van der Waals surface area contributed by atoms with Crippen molar-refractivity contribution in [3.63, 3.8) is 0 Å². The molecular formula is C22H24ClN3O4S2. The van der Waals surface area contributed by atoms with E-state index >= 15 is 0 Å². The van der Waals surface area contributed by atoms with Crippen LogP contribution in [-0.2, 0) is 27.1 Å². The van der Waals surface area contributed by atoms with Gasteiger partial charge in [0.1, 0.15) is 0 Å². The van der Waals surface area contributed by atoms with Gasteiger partial charge in [0.25, 0.3) is 5.56 Å². The lowest BCUT2D eigenvalue weighted by Gasteiger charge is -2.17. The first kappa shape index (κ1) is 23.3. The average molecular weight is 494 g/mol. The Labute approximate surface area is 196 Å². The molecule has 1 saturated heterocycles. The van der Waals surface area contributed by atoms with Gasteiger partial charge in [0.05, 0.1) is 28.4 Å². The lowest BCUT2D eigenvalue weighted by Crippen LogP contribution is -2.28. The summed E-state index contributed by atoms with van der Waals surface area (Å²) in [5.74, 6) is 0.459. The molecule has 0 radical (unpaired) electrons. The smallest absolute Gasteiger partial charge is 0.262 e. The maximum absolute atomic E-state index is 13.2. The van der Waals surface area contributed by atoms with E-state index in [1.807, 2.05) is 6.07 Å². The summed E-state index contributed by atoms with van der Waals surface area (Å²) in [4.78, 5) is 18.2. The Bertz CT molecular complexity index is 1300. The average Bonchev–Trinajstić information content (AvgIpc) is 3.27. The standard InChI is InChI=1S/C22H24ClN3O4S2/c1-25(2)32(28,29)18-7-3-5-15(11-18)14-31-22-24-20-12-16(23)8-9-19(20)21(27)26(22)13-17-6-4-10-30-17/h3,5,7-9,11-12,17H,4,6,10,13-14H2,1-2H3. The number of thioether (sulfide) groups is 1. The summed E-state index contributed by atoms with van der Waals surface area (Å²) in [6, 6.07) is 11.9. The van der Waals surface area contributed by atoms with Crippen LogP contribution in [0.2, 0.25) is 5.02 Å². The molecule has 1 unspecified atom stereocenters. The minimum atomic E-state index is -3.52. The number of halogens is 1. The van der Waals surface area contributed by atoms with E-state index in [0.29, 0.717) is 40.0 Å². The van der Waals surface area contributed by atoms with Crippen molar-refractivity contribution in [1.82, 2.24) is 13.9 Å². The van der Waals surface area contributed by atoms with Crippen molar-refractivity contribution in [3.05, 3.63) is 63.4 Å². The zero-order valence-corrected chi connectivity index (χ0v) is 20.2. The fourth-order valence-electron chi connectivity index (χ4n) is 3.59. The van der Waals surface area contributed by atoms with Crippen molar-refractivity contribution in [3.8, 4) is 0 Å². The van der Waals surface area contributed by atoms with Crippen LogP contribution in [0.3, 0.4) is 0 Å². The number of ether oxygens (including phenoxy) is 1. The molecule has 1 fully saturated rings. The van der Waals surface area contributed by atoms with Gasteiger partial charge in [-0.2, -0.15) is 0 Å². The Morgan fingerprint density at radius 1 is 1.25 bits per heavy atom. The van der Waals surface area contributed by atoms with Gasteiger partial charge in [-0.25, -0.2) is 17.7 Å². The molecule has 0 saturated carbocycles. The van der Waals surface area contributed by atoms with Gasteiger partial charge in [0.2, 0.25) is 10.0 Å². The molecule has 1 aromatic heterocycles. The Hall–Kier alpha value is -1.91. The highest BCUT2D eigenvalue weighted by Crippen LogP contribution is 2.26. The number of hydrogen-bond donors (Lipinski definition) is 0. The number of hydrogen-bond acceptors (Lipinski definition) is 6. The van der Waals surface area contributed by atoms with Crippen molar-refractivity contribution < 1.29 is 13.2 Å². The molecule has 1 aliphatic rings. The second kappa shape index (κ2) is 9.52. The van der Waals surface area contributed by atoms with Crippen molar-refractivity contribution in [1.29, 1.82) is 0 Å². The van der Waals surface area contributed by atoms with Crippen LogP contribution < -0.4 is 5.56 Å². The van der Waals surface area contributed by atoms with E-state index in [1.165, 1.54) is 30.2 Å². The largest absolute Gasteiger partial charge is 0.376 e. The zero-order chi connectivity index (χ0) is 22.9. The van der Waals surface area contributed by atoms with Crippen LogP contribution in [0.1, 0.15) is 18.4 Å². The predicted octanol–water partition coefficient (Wildman–Crippen LogP) is 3.77. The molecule has 10 heteroatoms. The molecule has 32 heavy (non-hydrogen) atoms. The monoisotopic (exact) mass is 493 g/mol.